The third-order valence-electron chi connectivity index (χ3n) is 8.41. The number of likely N-dealkylation sites (tertiary alicyclic amines) is 1. The predicted octanol–water partition coefficient (Wildman–Crippen LogP) is 6.46. The molecule has 2 N–H and O–H groups in total. The van der Waals surface area contributed by atoms with E-state index in [1.807, 2.05) is 41.3 Å². The molecule has 1 amide bonds. The summed E-state index contributed by atoms with van der Waals surface area (Å²) >= 11 is 0. The van der Waals surface area contributed by atoms with E-state index in [0.29, 0.717) is 25.4 Å². The van der Waals surface area contributed by atoms with Gasteiger partial charge in [-0.25, -0.2) is 0 Å². The molecular weight excluding hydrogens is 496 g/mol. The molecule has 0 saturated carbocycles. The van der Waals surface area contributed by atoms with Crippen molar-refractivity contribution in [3.8, 4) is 0 Å². The first kappa shape index (κ1) is 27.6. The van der Waals surface area contributed by atoms with Crippen LogP contribution in [0.15, 0.2) is 103 Å². The minimum absolute atomic E-state index is 0.0206. The van der Waals surface area contributed by atoms with E-state index >= 15 is 0 Å². The number of carbonyl (C=O) groups excluding carboxylic acids is 1. The standard InChI is InChI=1S/C35H38N2O3/c1-25(31-18-10-16-27-15-8-9-17-32(27)31)36-23-29-19-20-37(24-33(29)28-13-6-3-7-14-28)34(38)22-30(35(39)40)21-26-11-4-2-5-12-26/h2-18,25,29-30,33,36H,19-24H2,1H3,(H,39,40)/t25-,29?,30-,33?/m1/s1. The lowest BCUT2D eigenvalue weighted by Gasteiger charge is -2.40. The van der Waals surface area contributed by atoms with Crippen LogP contribution < -0.4 is 5.32 Å². The third kappa shape index (κ3) is 6.60. The van der Waals surface area contributed by atoms with Crippen LogP contribution in [0.4, 0.5) is 0 Å². The summed E-state index contributed by atoms with van der Waals surface area (Å²) in [6.07, 6.45) is 1.25. The molecule has 4 atom stereocenters. The second kappa shape index (κ2) is 12.9. The number of amides is 1. The maximum absolute atomic E-state index is 13.4. The number of piperidine rings is 1. The van der Waals surface area contributed by atoms with Gasteiger partial charge in [0.2, 0.25) is 5.91 Å². The van der Waals surface area contributed by atoms with E-state index < -0.39 is 11.9 Å². The lowest BCUT2D eigenvalue weighted by molar-refractivity contribution is -0.146. The van der Waals surface area contributed by atoms with Crippen LogP contribution in [-0.4, -0.2) is 41.5 Å². The Hall–Kier alpha value is -3.96. The molecule has 1 aliphatic rings. The number of carboxylic acid groups (broad SMARTS) is 1. The second-order valence-corrected chi connectivity index (χ2v) is 11.0. The Bertz CT molecular complexity index is 1420. The number of nitrogens with one attached hydrogen (secondary N) is 1. The molecule has 1 heterocycles. The Balaban J connectivity index is 1.27. The highest BCUT2D eigenvalue weighted by Gasteiger charge is 2.34. The SMILES string of the molecule is C[C@@H](NCC1CCN(C(=O)C[C@@H](Cc2ccccc2)C(=O)O)CC1c1ccccc1)c1cccc2ccccc12. The molecule has 0 radical (unpaired) electrons. The zero-order chi connectivity index (χ0) is 27.9. The van der Waals surface area contributed by atoms with E-state index in [2.05, 4.69) is 79.0 Å². The van der Waals surface area contributed by atoms with Gasteiger partial charge in [0.05, 0.1) is 5.92 Å². The van der Waals surface area contributed by atoms with Crippen LogP contribution in [0.1, 0.15) is 48.4 Å². The number of nitrogens with zero attached hydrogens (tertiary/aromatic N) is 1. The van der Waals surface area contributed by atoms with Crippen LogP contribution >= 0.6 is 0 Å². The van der Waals surface area contributed by atoms with Gasteiger partial charge in [-0.15, -0.1) is 0 Å². The molecule has 1 fully saturated rings. The van der Waals surface area contributed by atoms with Crippen LogP contribution in [-0.2, 0) is 16.0 Å². The normalized spacial score (nSPS) is 18.8. The van der Waals surface area contributed by atoms with E-state index in [0.717, 1.165) is 18.5 Å². The Morgan fingerprint density at radius 2 is 1.57 bits per heavy atom. The number of aliphatic carboxylic acids is 1. The number of rotatable bonds is 10. The van der Waals surface area contributed by atoms with Gasteiger partial charge >= 0.3 is 5.97 Å². The zero-order valence-electron chi connectivity index (χ0n) is 23.1. The molecule has 1 saturated heterocycles. The smallest absolute Gasteiger partial charge is 0.307 e. The van der Waals surface area contributed by atoms with Gasteiger partial charge in [-0.1, -0.05) is 103 Å². The van der Waals surface area contributed by atoms with Gasteiger partial charge in [-0.05, 0) is 59.7 Å². The number of carboxylic acids is 1. The number of hydrogen-bond donors (Lipinski definition) is 2. The number of carbonyl (C=O) groups is 2. The quantitative estimate of drug-likeness (QED) is 0.245. The van der Waals surface area contributed by atoms with E-state index in [1.165, 1.54) is 21.9 Å². The molecule has 1 aliphatic heterocycles. The fourth-order valence-corrected chi connectivity index (χ4v) is 6.10. The summed E-state index contributed by atoms with van der Waals surface area (Å²) in [5, 5.41) is 16.2. The number of fused-ring (bicyclic) bond motifs is 1. The van der Waals surface area contributed by atoms with Gasteiger partial charge in [0.1, 0.15) is 0 Å². The highest BCUT2D eigenvalue weighted by Crippen LogP contribution is 2.34. The molecular formula is C35H38N2O3. The minimum Gasteiger partial charge on any atom is -0.481 e. The maximum atomic E-state index is 13.4. The summed E-state index contributed by atoms with van der Waals surface area (Å²) in [6, 6.07) is 35.1. The van der Waals surface area contributed by atoms with E-state index in [4.69, 9.17) is 0 Å². The van der Waals surface area contributed by atoms with Crippen LogP contribution in [0.2, 0.25) is 0 Å². The molecule has 40 heavy (non-hydrogen) atoms. The largest absolute Gasteiger partial charge is 0.481 e. The molecule has 2 unspecified atom stereocenters. The summed E-state index contributed by atoms with van der Waals surface area (Å²) in [5.41, 5.74) is 3.46. The van der Waals surface area contributed by atoms with Crippen molar-refractivity contribution >= 4 is 22.6 Å². The predicted molar refractivity (Wildman–Crippen MR) is 160 cm³/mol. The molecule has 5 rings (SSSR count). The highest BCUT2D eigenvalue weighted by atomic mass is 16.4. The van der Waals surface area contributed by atoms with Crippen LogP contribution in [0.3, 0.4) is 0 Å². The first-order valence-electron chi connectivity index (χ1n) is 14.3. The van der Waals surface area contributed by atoms with Crippen LogP contribution in [0, 0.1) is 11.8 Å². The van der Waals surface area contributed by atoms with Crippen molar-refractivity contribution in [2.24, 2.45) is 11.8 Å². The van der Waals surface area contributed by atoms with E-state index in [-0.39, 0.29) is 24.3 Å². The monoisotopic (exact) mass is 534 g/mol. The van der Waals surface area contributed by atoms with Crippen molar-refractivity contribution in [2.45, 2.75) is 38.1 Å². The molecule has 0 spiro atoms. The average molecular weight is 535 g/mol. The number of benzene rings is 4. The molecule has 0 aromatic heterocycles. The van der Waals surface area contributed by atoms with Gasteiger partial charge in [-0.2, -0.15) is 0 Å². The van der Waals surface area contributed by atoms with Crippen molar-refractivity contribution in [3.05, 3.63) is 120 Å². The van der Waals surface area contributed by atoms with Gasteiger partial charge in [0, 0.05) is 31.5 Å². The number of hydrogen-bond acceptors (Lipinski definition) is 3. The summed E-state index contributed by atoms with van der Waals surface area (Å²) in [5.74, 6) is -1.17. The molecule has 5 heteroatoms. The van der Waals surface area contributed by atoms with E-state index in [1.54, 1.807) is 0 Å². The average Bonchev–Trinajstić information content (AvgIpc) is 3.00. The van der Waals surface area contributed by atoms with E-state index in [9.17, 15) is 14.7 Å². The van der Waals surface area contributed by atoms with Gasteiger partial charge in [-0.3, -0.25) is 9.59 Å². The Morgan fingerprint density at radius 3 is 2.33 bits per heavy atom. The van der Waals surface area contributed by atoms with Crippen LogP contribution in [0.25, 0.3) is 10.8 Å². The Kier molecular flexibility index (Phi) is 8.92. The van der Waals surface area contributed by atoms with Gasteiger partial charge < -0.3 is 15.3 Å². The summed E-state index contributed by atoms with van der Waals surface area (Å²) < 4.78 is 0. The lowest BCUT2D eigenvalue weighted by Crippen LogP contribution is -2.46. The summed E-state index contributed by atoms with van der Waals surface area (Å²) in [6.45, 7) is 4.32. The minimum atomic E-state index is -0.918. The van der Waals surface area contributed by atoms with Gasteiger partial charge in [0.25, 0.3) is 0 Å². The topological polar surface area (TPSA) is 69.6 Å². The maximum Gasteiger partial charge on any atom is 0.307 e. The fourth-order valence-electron chi connectivity index (χ4n) is 6.10. The third-order valence-corrected chi connectivity index (χ3v) is 8.41. The summed E-state index contributed by atoms with van der Waals surface area (Å²) in [4.78, 5) is 27.3. The molecule has 5 nitrogen and oxygen atoms in total. The van der Waals surface area contributed by atoms with Gasteiger partial charge in [0.15, 0.2) is 0 Å². The molecule has 0 bridgehead atoms. The van der Waals surface area contributed by atoms with Crippen LogP contribution in [0.5, 0.6) is 0 Å². The van der Waals surface area contributed by atoms with Crippen molar-refractivity contribution in [1.82, 2.24) is 10.2 Å². The lowest BCUT2D eigenvalue weighted by atomic mass is 9.80. The van der Waals surface area contributed by atoms with Crippen molar-refractivity contribution in [1.29, 1.82) is 0 Å². The zero-order valence-corrected chi connectivity index (χ0v) is 23.1. The Morgan fingerprint density at radius 1 is 0.900 bits per heavy atom. The fraction of sp³-hybridized carbons (Fsp3) is 0.314. The molecule has 206 valence electrons. The Labute approximate surface area is 236 Å². The van der Waals surface area contributed by atoms with Crippen molar-refractivity contribution < 1.29 is 14.7 Å². The molecule has 4 aromatic carbocycles. The van der Waals surface area contributed by atoms with Crippen molar-refractivity contribution in [2.75, 3.05) is 19.6 Å². The second-order valence-electron chi connectivity index (χ2n) is 11.0. The van der Waals surface area contributed by atoms with Crippen molar-refractivity contribution in [3.63, 3.8) is 0 Å². The molecule has 4 aromatic rings. The first-order valence-corrected chi connectivity index (χ1v) is 14.3. The summed E-state index contributed by atoms with van der Waals surface area (Å²) in [7, 11) is 0. The first-order chi connectivity index (χ1) is 19.5. The highest BCUT2D eigenvalue weighted by molar-refractivity contribution is 5.86. The molecule has 0 aliphatic carbocycles.